The summed E-state index contributed by atoms with van der Waals surface area (Å²) in [5.41, 5.74) is 0.999. The number of aliphatic hydroxyl groups is 1. The van der Waals surface area contributed by atoms with E-state index in [1.54, 1.807) is 42.5 Å². The molecule has 1 saturated heterocycles. The molecule has 1 fully saturated rings. The number of hydrogen-bond acceptors (Lipinski definition) is 6. The number of rotatable bonds is 8. The SMILES string of the molecule is O=C([O-])CCCCCN1C(=O)C(=O)C(=C(O)c2ccccc2)[C@@H]1c1ccc(O)cc1. The van der Waals surface area contributed by atoms with Gasteiger partial charge >= 0.3 is 0 Å². The third-order valence-corrected chi connectivity index (χ3v) is 5.08. The van der Waals surface area contributed by atoms with E-state index in [4.69, 9.17) is 0 Å². The number of hydrogen-bond donors (Lipinski definition) is 2. The molecule has 156 valence electrons. The molecule has 2 aromatic rings. The number of phenolic OH excluding ortho intramolecular Hbond substituents is 1. The van der Waals surface area contributed by atoms with E-state index in [9.17, 15) is 29.7 Å². The fourth-order valence-corrected chi connectivity index (χ4v) is 3.59. The van der Waals surface area contributed by atoms with Crippen molar-refractivity contribution in [1.29, 1.82) is 0 Å². The van der Waals surface area contributed by atoms with Crippen LogP contribution < -0.4 is 5.11 Å². The van der Waals surface area contributed by atoms with Crippen molar-refractivity contribution in [2.45, 2.75) is 31.7 Å². The largest absolute Gasteiger partial charge is 0.550 e. The highest BCUT2D eigenvalue weighted by molar-refractivity contribution is 6.46. The van der Waals surface area contributed by atoms with E-state index >= 15 is 0 Å². The lowest BCUT2D eigenvalue weighted by Crippen LogP contribution is -2.30. The van der Waals surface area contributed by atoms with Crippen LogP contribution in [-0.2, 0) is 14.4 Å². The van der Waals surface area contributed by atoms with Gasteiger partial charge < -0.3 is 25.0 Å². The number of aliphatic carboxylic acids is 1. The molecule has 1 amide bonds. The zero-order valence-corrected chi connectivity index (χ0v) is 16.3. The van der Waals surface area contributed by atoms with Crippen LogP contribution >= 0.6 is 0 Å². The molecule has 0 aliphatic carbocycles. The van der Waals surface area contributed by atoms with Crippen molar-refractivity contribution in [2.24, 2.45) is 0 Å². The van der Waals surface area contributed by atoms with Crippen LogP contribution in [-0.4, -0.2) is 39.3 Å². The van der Waals surface area contributed by atoms with E-state index in [-0.39, 0.29) is 30.0 Å². The number of aliphatic hydroxyl groups excluding tert-OH is 1. The van der Waals surface area contributed by atoms with E-state index < -0.39 is 23.7 Å². The zero-order valence-electron chi connectivity index (χ0n) is 16.3. The molecule has 0 spiro atoms. The van der Waals surface area contributed by atoms with Crippen molar-refractivity contribution >= 4 is 23.4 Å². The summed E-state index contributed by atoms with van der Waals surface area (Å²) >= 11 is 0. The van der Waals surface area contributed by atoms with Gasteiger partial charge in [0.25, 0.3) is 11.7 Å². The summed E-state index contributed by atoms with van der Waals surface area (Å²) in [6.07, 6.45) is 1.41. The Morgan fingerprint density at radius 3 is 2.27 bits per heavy atom. The first kappa shape index (κ1) is 21.1. The first-order valence-corrected chi connectivity index (χ1v) is 9.72. The molecule has 0 radical (unpaired) electrons. The van der Waals surface area contributed by atoms with Crippen molar-refractivity contribution in [1.82, 2.24) is 4.90 Å². The summed E-state index contributed by atoms with van der Waals surface area (Å²) in [5.74, 6) is -2.83. The van der Waals surface area contributed by atoms with Crippen LogP contribution in [0.25, 0.3) is 5.76 Å². The normalized spacial score (nSPS) is 18.0. The van der Waals surface area contributed by atoms with E-state index in [1.807, 2.05) is 0 Å². The van der Waals surface area contributed by atoms with Gasteiger partial charge in [0, 0.05) is 18.1 Å². The van der Waals surface area contributed by atoms with Crippen molar-refractivity contribution in [2.75, 3.05) is 6.54 Å². The highest BCUT2D eigenvalue weighted by atomic mass is 16.4. The monoisotopic (exact) mass is 408 g/mol. The maximum atomic E-state index is 12.8. The van der Waals surface area contributed by atoms with Gasteiger partial charge in [-0.15, -0.1) is 0 Å². The number of Topliss-reactive ketones (excluding diaryl/α,β-unsaturated/α-hetero) is 1. The Hall–Kier alpha value is -3.61. The first-order chi connectivity index (χ1) is 14.4. The molecule has 7 nitrogen and oxygen atoms in total. The van der Waals surface area contributed by atoms with Gasteiger partial charge in [0.2, 0.25) is 0 Å². The van der Waals surface area contributed by atoms with Crippen LogP contribution in [0, 0.1) is 0 Å². The summed E-state index contributed by atoms with van der Waals surface area (Å²) in [4.78, 5) is 37.5. The number of carboxylic acid groups (broad SMARTS) is 1. The van der Waals surface area contributed by atoms with Crippen molar-refractivity contribution < 1.29 is 29.7 Å². The smallest absolute Gasteiger partial charge is 0.295 e. The minimum absolute atomic E-state index is 0.00775. The van der Waals surface area contributed by atoms with E-state index in [0.717, 1.165) is 0 Å². The maximum Gasteiger partial charge on any atom is 0.295 e. The van der Waals surface area contributed by atoms with E-state index in [1.165, 1.54) is 17.0 Å². The Balaban J connectivity index is 1.95. The van der Waals surface area contributed by atoms with Gasteiger partial charge in [-0.05, 0) is 37.0 Å². The molecular formula is C23H22NO6-. The topological polar surface area (TPSA) is 118 Å². The molecule has 0 unspecified atom stereocenters. The summed E-state index contributed by atoms with van der Waals surface area (Å²) in [5, 5.41) is 31.0. The standard InChI is InChI=1S/C23H23NO6/c25-17-12-10-15(11-13-17)20-19(21(28)16-7-3-1-4-8-16)22(29)23(30)24(20)14-6-2-5-9-18(26)27/h1,3-4,7-8,10-13,20,25,28H,2,5-6,9,14H2,(H,26,27)/p-1/t20-/m0/s1. The van der Waals surface area contributed by atoms with Crippen LogP contribution in [0.5, 0.6) is 5.75 Å². The zero-order chi connectivity index (χ0) is 21.7. The minimum atomic E-state index is -1.12. The number of carbonyl (C=O) groups is 3. The fraction of sp³-hybridized carbons (Fsp3) is 0.261. The third-order valence-electron chi connectivity index (χ3n) is 5.08. The van der Waals surface area contributed by atoms with Crippen LogP contribution in [0.2, 0.25) is 0 Å². The van der Waals surface area contributed by atoms with E-state index in [0.29, 0.717) is 30.4 Å². The second-order valence-electron chi connectivity index (χ2n) is 7.13. The Kier molecular flexibility index (Phi) is 6.51. The second kappa shape index (κ2) is 9.26. The lowest BCUT2D eigenvalue weighted by molar-refractivity contribution is -0.305. The predicted molar refractivity (Wildman–Crippen MR) is 107 cm³/mol. The van der Waals surface area contributed by atoms with Gasteiger partial charge in [-0.25, -0.2) is 0 Å². The van der Waals surface area contributed by atoms with Crippen LogP contribution in [0.1, 0.15) is 42.9 Å². The molecule has 3 rings (SSSR count). The number of phenols is 1. The predicted octanol–water partition coefficient (Wildman–Crippen LogP) is 2.12. The Labute approximate surface area is 173 Å². The highest BCUT2D eigenvalue weighted by Crippen LogP contribution is 2.39. The van der Waals surface area contributed by atoms with Crippen molar-refractivity contribution in [3.05, 3.63) is 71.3 Å². The lowest BCUT2D eigenvalue weighted by Gasteiger charge is -2.25. The first-order valence-electron chi connectivity index (χ1n) is 9.72. The molecule has 0 bridgehead atoms. The number of unbranched alkanes of at least 4 members (excludes halogenated alkanes) is 2. The molecule has 2 aromatic carbocycles. The Morgan fingerprint density at radius 1 is 0.967 bits per heavy atom. The molecule has 0 aromatic heterocycles. The molecule has 1 atom stereocenters. The molecule has 1 aliphatic heterocycles. The maximum absolute atomic E-state index is 12.8. The van der Waals surface area contributed by atoms with Gasteiger partial charge in [0.05, 0.1) is 11.6 Å². The van der Waals surface area contributed by atoms with Gasteiger partial charge in [-0.3, -0.25) is 9.59 Å². The number of benzene rings is 2. The molecule has 30 heavy (non-hydrogen) atoms. The average molecular weight is 408 g/mol. The molecule has 0 saturated carbocycles. The summed E-state index contributed by atoms with van der Waals surface area (Å²) < 4.78 is 0. The molecule has 2 N–H and O–H groups in total. The quantitative estimate of drug-likeness (QED) is 0.299. The number of amides is 1. The van der Waals surface area contributed by atoms with Crippen LogP contribution in [0.3, 0.4) is 0 Å². The highest BCUT2D eigenvalue weighted by Gasteiger charge is 2.45. The number of carboxylic acids is 1. The molecule has 1 heterocycles. The summed E-state index contributed by atoms with van der Waals surface area (Å²) in [6, 6.07) is 13.8. The van der Waals surface area contributed by atoms with Gasteiger partial charge in [-0.2, -0.15) is 0 Å². The molecular weight excluding hydrogens is 386 g/mol. The number of nitrogens with zero attached hydrogens (tertiary/aromatic N) is 1. The second-order valence-corrected chi connectivity index (χ2v) is 7.13. The molecule has 1 aliphatic rings. The van der Waals surface area contributed by atoms with Gasteiger partial charge in [-0.1, -0.05) is 48.9 Å². The fourth-order valence-electron chi connectivity index (χ4n) is 3.59. The average Bonchev–Trinajstić information content (AvgIpc) is 2.99. The number of aromatic hydroxyl groups is 1. The summed E-state index contributed by atoms with van der Waals surface area (Å²) in [7, 11) is 0. The molecule has 7 heteroatoms. The lowest BCUT2D eigenvalue weighted by atomic mass is 9.95. The van der Waals surface area contributed by atoms with Gasteiger partial charge in [0.1, 0.15) is 11.5 Å². The number of likely N-dealkylation sites (tertiary alicyclic amines) is 1. The summed E-state index contributed by atoms with van der Waals surface area (Å²) in [6.45, 7) is 0.231. The van der Waals surface area contributed by atoms with Crippen molar-refractivity contribution in [3.63, 3.8) is 0 Å². The third kappa shape index (κ3) is 4.51. The number of ketones is 1. The van der Waals surface area contributed by atoms with Gasteiger partial charge in [0.15, 0.2) is 0 Å². The Morgan fingerprint density at radius 2 is 1.63 bits per heavy atom. The number of carbonyl (C=O) groups excluding carboxylic acids is 3. The van der Waals surface area contributed by atoms with E-state index in [2.05, 4.69) is 0 Å². The van der Waals surface area contributed by atoms with Crippen LogP contribution in [0.4, 0.5) is 0 Å². The van der Waals surface area contributed by atoms with Crippen LogP contribution in [0.15, 0.2) is 60.2 Å². The Bertz CT molecular complexity index is 965. The minimum Gasteiger partial charge on any atom is -0.550 e. The van der Waals surface area contributed by atoms with Crippen molar-refractivity contribution in [3.8, 4) is 5.75 Å².